The molecule has 38 heavy (non-hydrogen) atoms. The number of carbonyl (C=O) groups is 1. The maximum Gasteiger partial charge on any atom is 0.264 e. The molecule has 0 radical (unpaired) electrons. The Labute approximate surface area is 224 Å². The van der Waals surface area contributed by atoms with Gasteiger partial charge in [-0.15, -0.1) is 0 Å². The maximum absolute atomic E-state index is 13.2. The Hall–Kier alpha value is -3.26. The molecule has 2 aliphatic carbocycles. The average molecular weight is 534 g/mol. The Morgan fingerprint density at radius 2 is 1.74 bits per heavy atom. The third-order valence-electron chi connectivity index (χ3n) is 7.63. The normalized spacial score (nSPS) is 16.0. The fourth-order valence-corrected chi connectivity index (χ4v) is 6.53. The fourth-order valence-electron chi connectivity index (χ4n) is 5.25. The van der Waals surface area contributed by atoms with Crippen LogP contribution in [0.2, 0.25) is 0 Å². The van der Waals surface area contributed by atoms with Crippen molar-refractivity contribution in [3.8, 4) is 11.1 Å². The number of rotatable bonds is 10. The van der Waals surface area contributed by atoms with Crippen molar-refractivity contribution in [1.82, 2.24) is 14.7 Å². The van der Waals surface area contributed by atoms with E-state index in [9.17, 15) is 18.0 Å². The standard InChI is InChI=1S/C30H35N3O4S/c1-2-3-11-26-25(30(35)32-28(31-26)22-8-4-5-9-22)19-20-13-15-21(16-14-20)24-10-6-7-12-27(24)38(36,37)33-29(34)23-17-18-23/h6-7,10,12-16,22-23H,2-5,8-9,11,17-19H2,1H3,(H,33,34)(H,31,32,35). The van der Waals surface area contributed by atoms with E-state index in [1.807, 2.05) is 24.3 Å². The molecule has 0 unspecified atom stereocenters. The lowest BCUT2D eigenvalue weighted by atomic mass is 9.98. The number of aromatic amines is 1. The van der Waals surface area contributed by atoms with Crippen LogP contribution >= 0.6 is 0 Å². The van der Waals surface area contributed by atoms with Gasteiger partial charge in [0, 0.05) is 29.4 Å². The van der Waals surface area contributed by atoms with Crippen LogP contribution in [0.3, 0.4) is 0 Å². The quantitative estimate of drug-likeness (QED) is 0.370. The number of aryl methyl sites for hydroxylation is 1. The lowest BCUT2D eigenvalue weighted by molar-refractivity contribution is -0.120. The second kappa shape index (κ2) is 11.2. The van der Waals surface area contributed by atoms with Gasteiger partial charge >= 0.3 is 0 Å². The van der Waals surface area contributed by atoms with Crippen LogP contribution in [0, 0.1) is 5.92 Å². The fraction of sp³-hybridized carbons (Fsp3) is 0.433. The second-order valence-corrected chi connectivity index (χ2v) is 12.2. The second-order valence-electron chi connectivity index (χ2n) is 10.6. The predicted molar refractivity (Wildman–Crippen MR) is 147 cm³/mol. The van der Waals surface area contributed by atoms with E-state index < -0.39 is 15.9 Å². The van der Waals surface area contributed by atoms with Crippen molar-refractivity contribution in [2.45, 2.75) is 81.9 Å². The molecule has 2 fully saturated rings. The first-order chi connectivity index (χ1) is 18.4. The molecule has 0 spiro atoms. The van der Waals surface area contributed by atoms with E-state index >= 15 is 0 Å². The number of hydrogen-bond acceptors (Lipinski definition) is 5. The number of benzene rings is 2. The number of sulfonamides is 1. The molecule has 0 saturated heterocycles. The molecule has 2 aliphatic rings. The highest BCUT2D eigenvalue weighted by Crippen LogP contribution is 2.33. The molecular weight excluding hydrogens is 498 g/mol. The van der Waals surface area contributed by atoms with Gasteiger partial charge in [0.2, 0.25) is 5.91 Å². The molecule has 0 aliphatic heterocycles. The number of amides is 1. The van der Waals surface area contributed by atoms with E-state index in [1.54, 1.807) is 18.2 Å². The summed E-state index contributed by atoms with van der Waals surface area (Å²) >= 11 is 0. The van der Waals surface area contributed by atoms with Crippen LogP contribution in [0.5, 0.6) is 0 Å². The van der Waals surface area contributed by atoms with Gasteiger partial charge in [0.25, 0.3) is 15.6 Å². The number of hydrogen-bond donors (Lipinski definition) is 2. The van der Waals surface area contributed by atoms with Gasteiger partial charge in [0.1, 0.15) is 5.82 Å². The Morgan fingerprint density at radius 1 is 1.03 bits per heavy atom. The third-order valence-corrected chi connectivity index (χ3v) is 9.04. The minimum Gasteiger partial charge on any atom is -0.310 e. The monoisotopic (exact) mass is 533 g/mol. The summed E-state index contributed by atoms with van der Waals surface area (Å²) in [4.78, 5) is 33.4. The van der Waals surface area contributed by atoms with Crippen LogP contribution in [-0.2, 0) is 27.7 Å². The summed E-state index contributed by atoms with van der Waals surface area (Å²) in [6.07, 6.45) is 9.25. The predicted octanol–water partition coefficient (Wildman–Crippen LogP) is 5.24. The van der Waals surface area contributed by atoms with E-state index in [0.29, 0.717) is 23.5 Å². The molecule has 200 valence electrons. The molecule has 2 N–H and O–H groups in total. The van der Waals surface area contributed by atoms with Crippen LogP contribution in [0.25, 0.3) is 11.1 Å². The zero-order valence-electron chi connectivity index (χ0n) is 21.8. The molecule has 7 nitrogen and oxygen atoms in total. The highest BCUT2D eigenvalue weighted by atomic mass is 32.2. The number of aromatic nitrogens is 2. The average Bonchev–Trinajstić information content (AvgIpc) is 3.63. The molecule has 3 aromatic rings. The minimum absolute atomic E-state index is 0.0556. The van der Waals surface area contributed by atoms with Crippen LogP contribution in [-0.4, -0.2) is 24.3 Å². The van der Waals surface area contributed by atoms with Crippen LogP contribution in [0.1, 0.15) is 86.9 Å². The van der Waals surface area contributed by atoms with E-state index in [2.05, 4.69) is 16.6 Å². The molecule has 5 rings (SSSR count). The number of nitrogens with one attached hydrogen (secondary N) is 2. The van der Waals surface area contributed by atoms with Crippen LogP contribution in [0.4, 0.5) is 0 Å². The summed E-state index contributed by atoms with van der Waals surface area (Å²) in [5.41, 5.74) is 3.75. The van der Waals surface area contributed by atoms with Crippen molar-refractivity contribution in [1.29, 1.82) is 0 Å². The van der Waals surface area contributed by atoms with Gasteiger partial charge in [0.15, 0.2) is 0 Å². The van der Waals surface area contributed by atoms with Gasteiger partial charge in [-0.2, -0.15) is 0 Å². The minimum atomic E-state index is -3.99. The summed E-state index contributed by atoms with van der Waals surface area (Å²) < 4.78 is 28.2. The molecule has 0 atom stereocenters. The van der Waals surface area contributed by atoms with E-state index in [1.165, 1.54) is 18.9 Å². The van der Waals surface area contributed by atoms with Gasteiger partial charge in [-0.05, 0) is 55.7 Å². The lowest BCUT2D eigenvalue weighted by Crippen LogP contribution is -2.32. The van der Waals surface area contributed by atoms with Crippen molar-refractivity contribution in [2.75, 3.05) is 0 Å². The van der Waals surface area contributed by atoms with Crippen molar-refractivity contribution in [3.05, 3.63) is 81.5 Å². The SMILES string of the molecule is CCCCc1nc(C2CCCC2)[nH]c(=O)c1Cc1ccc(-c2ccccc2S(=O)(=O)NC(=O)C2CC2)cc1. The summed E-state index contributed by atoms with van der Waals surface area (Å²) in [7, 11) is -3.99. The molecule has 2 saturated carbocycles. The van der Waals surface area contributed by atoms with Crippen molar-refractivity contribution in [2.24, 2.45) is 5.92 Å². The molecule has 2 aromatic carbocycles. The number of H-pyrrole nitrogens is 1. The van der Waals surface area contributed by atoms with Crippen LogP contribution < -0.4 is 10.3 Å². The van der Waals surface area contributed by atoms with Gasteiger partial charge in [-0.1, -0.05) is 68.7 Å². The van der Waals surface area contributed by atoms with Gasteiger partial charge in [-0.25, -0.2) is 18.1 Å². The highest BCUT2D eigenvalue weighted by molar-refractivity contribution is 7.90. The Bertz CT molecular complexity index is 1470. The smallest absolute Gasteiger partial charge is 0.264 e. The molecule has 1 heterocycles. The largest absolute Gasteiger partial charge is 0.310 e. The topological polar surface area (TPSA) is 109 Å². The first kappa shape index (κ1) is 26.4. The molecule has 1 aromatic heterocycles. The molecule has 8 heteroatoms. The Kier molecular flexibility index (Phi) is 7.79. The summed E-state index contributed by atoms with van der Waals surface area (Å²) in [5.74, 6) is 0.543. The van der Waals surface area contributed by atoms with Crippen LogP contribution in [0.15, 0.2) is 58.2 Å². The first-order valence-electron chi connectivity index (χ1n) is 13.7. The molecular formula is C30H35N3O4S. The number of unbranched alkanes of at least 4 members (excludes halogenated alkanes) is 1. The molecule has 0 bridgehead atoms. The first-order valence-corrected chi connectivity index (χ1v) is 15.2. The highest BCUT2D eigenvalue weighted by Gasteiger charge is 2.33. The van der Waals surface area contributed by atoms with Gasteiger partial charge in [0.05, 0.1) is 10.6 Å². The molecule has 1 amide bonds. The number of carbonyl (C=O) groups excluding carboxylic acids is 1. The summed E-state index contributed by atoms with van der Waals surface area (Å²) in [5, 5.41) is 0. The third kappa shape index (κ3) is 5.90. The number of nitrogens with zero attached hydrogens (tertiary/aromatic N) is 1. The zero-order valence-corrected chi connectivity index (χ0v) is 22.6. The van der Waals surface area contributed by atoms with E-state index in [-0.39, 0.29) is 16.4 Å². The zero-order chi connectivity index (χ0) is 26.7. The van der Waals surface area contributed by atoms with E-state index in [0.717, 1.165) is 67.6 Å². The lowest BCUT2D eigenvalue weighted by Gasteiger charge is -2.14. The van der Waals surface area contributed by atoms with Gasteiger partial charge in [-0.3, -0.25) is 9.59 Å². The summed E-state index contributed by atoms with van der Waals surface area (Å²) in [6, 6.07) is 14.3. The van der Waals surface area contributed by atoms with Crippen molar-refractivity contribution in [3.63, 3.8) is 0 Å². The van der Waals surface area contributed by atoms with E-state index in [4.69, 9.17) is 4.98 Å². The maximum atomic E-state index is 13.2. The van der Waals surface area contributed by atoms with Crippen molar-refractivity contribution < 1.29 is 13.2 Å². The van der Waals surface area contributed by atoms with Gasteiger partial charge < -0.3 is 4.98 Å². The summed E-state index contributed by atoms with van der Waals surface area (Å²) in [6.45, 7) is 2.14. The van der Waals surface area contributed by atoms with Crippen molar-refractivity contribution >= 4 is 15.9 Å². The Balaban J connectivity index is 1.40. The Morgan fingerprint density at radius 3 is 2.42 bits per heavy atom.